The van der Waals surface area contributed by atoms with Crippen molar-refractivity contribution in [1.29, 1.82) is 0 Å². The molecule has 0 spiro atoms. The van der Waals surface area contributed by atoms with Crippen molar-refractivity contribution in [3.8, 4) is 0 Å². The van der Waals surface area contributed by atoms with Gasteiger partial charge < -0.3 is 15.8 Å². The van der Waals surface area contributed by atoms with Crippen LogP contribution in [0.4, 0.5) is 0 Å². The second-order valence-corrected chi connectivity index (χ2v) is 4.21. The molecular formula is C11H22N2O2. The van der Waals surface area contributed by atoms with E-state index in [0.717, 1.165) is 19.3 Å². The van der Waals surface area contributed by atoms with Gasteiger partial charge in [0.05, 0.1) is 19.1 Å². The fourth-order valence-electron chi connectivity index (χ4n) is 1.88. The molecule has 1 aliphatic rings. The number of nitrogens with one attached hydrogen (secondary N) is 1. The average Bonchev–Trinajstić information content (AvgIpc) is 2.63. The summed E-state index contributed by atoms with van der Waals surface area (Å²) in [7, 11) is 0. The van der Waals surface area contributed by atoms with Gasteiger partial charge in [0.25, 0.3) is 0 Å². The van der Waals surface area contributed by atoms with Crippen LogP contribution in [0.2, 0.25) is 0 Å². The van der Waals surface area contributed by atoms with Crippen molar-refractivity contribution in [2.75, 3.05) is 13.2 Å². The van der Waals surface area contributed by atoms with Gasteiger partial charge in [-0.1, -0.05) is 20.3 Å². The van der Waals surface area contributed by atoms with Gasteiger partial charge in [0.2, 0.25) is 5.91 Å². The molecule has 15 heavy (non-hydrogen) atoms. The first-order valence-corrected chi connectivity index (χ1v) is 5.82. The Bertz CT molecular complexity index is 209. The minimum Gasteiger partial charge on any atom is -0.379 e. The van der Waals surface area contributed by atoms with Gasteiger partial charge in [0, 0.05) is 12.1 Å². The Labute approximate surface area is 91.5 Å². The van der Waals surface area contributed by atoms with Gasteiger partial charge in [0.15, 0.2) is 0 Å². The first-order chi connectivity index (χ1) is 7.19. The third-order valence-electron chi connectivity index (χ3n) is 2.94. The highest BCUT2D eigenvalue weighted by atomic mass is 16.5. The van der Waals surface area contributed by atoms with Crippen molar-refractivity contribution in [3.05, 3.63) is 0 Å². The van der Waals surface area contributed by atoms with Gasteiger partial charge in [0.1, 0.15) is 0 Å². The molecule has 88 valence electrons. The maximum absolute atomic E-state index is 11.8. The highest BCUT2D eigenvalue weighted by Gasteiger charge is 2.31. The summed E-state index contributed by atoms with van der Waals surface area (Å²) in [6, 6.07) is 0.152. The van der Waals surface area contributed by atoms with Gasteiger partial charge >= 0.3 is 0 Å². The zero-order valence-corrected chi connectivity index (χ0v) is 9.66. The summed E-state index contributed by atoms with van der Waals surface area (Å²) in [6.45, 7) is 5.18. The van der Waals surface area contributed by atoms with Crippen molar-refractivity contribution in [1.82, 2.24) is 5.32 Å². The van der Waals surface area contributed by atoms with E-state index in [1.165, 1.54) is 0 Å². The molecule has 3 atom stereocenters. The largest absolute Gasteiger partial charge is 0.379 e. The van der Waals surface area contributed by atoms with E-state index in [2.05, 4.69) is 19.2 Å². The maximum Gasteiger partial charge on any atom is 0.227 e. The molecule has 3 N–H and O–H groups in total. The molecule has 1 aliphatic heterocycles. The molecule has 0 saturated carbocycles. The van der Waals surface area contributed by atoms with Crippen LogP contribution in [0.15, 0.2) is 0 Å². The van der Waals surface area contributed by atoms with Crippen LogP contribution < -0.4 is 11.1 Å². The molecule has 1 fully saturated rings. The fraction of sp³-hybridized carbons (Fsp3) is 0.909. The number of rotatable bonds is 5. The van der Waals surface area contributed by atoms with Crippen LogP contribution in [0, 0.1) is 5.92 Å². The molecular weight excluding hydrogens is 192 g/mol. The van der Waals surface area contributed by atoms with E-state index in [1.807, 2.05) is 0 Å². The maximum atomic E-state index is 11.8. The number of ether oxygens (including phenoxy) is 1. The average molecular weight is 214 g/mol. The SMILES string of the molecule is CCCC(CC)NC(=O)C1COCC1N. The number of carbonyl (C=O) groups is 1. The molecule has 0 bridgehead atoms. The molecule has 1 heterocycles. The van der Waals surface area contributed by atoms with E-state index in [-0.39, 0.29) is 23.9 Å². The second kappa shape index (κ2) is 6.08. The number of carbonyl (C=O) groups excluding carboxylic acids is 1. The van der Waals surface area contributed by atoms with Crippen LogP contribution in [0.5, 0.6) is 0 Å². The highest BCUT2D eigenvalue weighted by molar-refractivity contribution is 5.80. The number of hydrogen-bond acceptors (Lipinski definition) is 3. The molecule has 0 aliphatic carbocycles. The molecule has 0 aromatic heterocycles. The van der Waals surface area contributed by atoms with Gasteiger partial charge in [-0.2, -0.15) is 0 Å². The summed E-state index contributed by atoms with van der Waals surface area (Å²) in [4.78, 5) is 11.8. The number of amides is 1. The first-order valence-electron chi connectivity index (χ1n) is 5.82. The molecule has 0 aromatic carbocycles. The van der Waals surface area contributed by atoms with Gasteiger partial charge in [-0.3, -0.25) is 4.79 Å². The van der Waals surface area contributed by atoms with Crippen molar-refractivity contribution >= 4 is 5.91 Å². The highest BCUT2D eigenvalue weighted by Crippen LogP contribution is 2.12. The lowest BCUT2D eigenvalue weighted by Gasteiger charge is -2.20. The molecule has 1 amide bonds. The van der Waals surface area contributed by atoms with Crippen LogP contribution in [-0.2, 0) is 9.53 Å². The summed E-state index contributed by atoms with van der Waals surface area (Å²) in [6.07, 6.45) is 3.10. The minimum atomic E-state index is -0.157. The standard InChI is InChI=1S/C11H22N2O2/c1-3-5-8(4-2)13-11(14)9-6-15-7-10(9)12/h8-10H,3-7,12H2,1-2H3,(H,13,14). The summed E-state index contributed by atoms with van der Waals surface area (Å²) in [5.74, 6) is -0.101. The third kappa shape index (κ3) is 3.47. The van der Waals surface area contributed by atoms with E-state index in [9.17, 15) is 4.79 Å². The molecule has 3 unspecified atom stereocenters. The molecule has 0 radical (unpaired) electrons. The summed E-state index contributed by atoms with van der Waals surface area (Å²) >= 11 is 0. The van der Waals surface area contributed by atoms with Crippen LogP contribution in [0.25, 0.3) is 0 Å². The van der Waals surface area contributed by atoms with Crippen LogP contribution in [-0.4, -0.2) is 31.2 Å². The van der Waals surface area contributed by atoms with Crippen LogP contribution >= 0.6 is 0 Å². The lowest BCUT2D eigenvalue weighted by atomic mass is 10.0. The summed E-state index contributed by atoms with van der Waals surface area (Å²) in [5, 5.41) is 3.04. The van der Waals surface area contributed by atoms with E-state index in [1.54, 1.807) is 0 Å². The Balaban J connectivity index is 2.39. The quantitative estimate of drug-likeness (QED) is 0.706. The van der Waals surface area contributed by atoms with Crippen LogP contribution in [0.1, 0.15) is 33.1 Å². The Morgan fingerprint density at radius 3 is 2.73 bits per heavy atom. The Kier molecular flexibility index (Phi) is 5.05. The Hall–Kier alpha value is -0.610. The van der Waals surface area contributed by atoms with Crippen molar-refractivity contribution < 1.29 is 9.53 Å². The normalized spacial score (nSPS) is 27.7. The topological polar surface area (TPSA) is 64.3 Å². The number of hydrogen-bond donors (Lipinski definition) is 2. The van der Waals surface area contributed by atoms with Gasteiger partial charge in [-0.15, -0.1) is 0 Å². The smallest absolute Gasteiger partial charge is 0.227 e. The van der Waals surface area contributed by atoms with E-state index in [4.69, 9.17) is 10.5 Å². The predicted molar refractivity (Wildman–Crippen MR) is 59.4 cm³/mol. The van der Waals surface area contributed by atoms with Crippen LogP contribution in [0.3, 0.4) is 0 Å². The zero-order chi connectivity index (χ0) is 11.3. The lowest BCUT2D eigenvalue weighted by Crippen LogP contribution is -2.44. The van der Waals surface area contributed by atoms with Crippen molar-refractivity contribution in [3.63, 3.8) is 0 Å². The molecule has 1 saturated heterocycles. The van der Waals surface area contributed by atoms with Gasteiger partial charge in [-0.05, 0) is 12.8 Å². The predicted octanol–water partition coefficient (Wildman–Crippen LogP) is 0.655. The monoisotopic (exact) mass is 214 g/mol. The third-order valence-corrected chi connectivity index (χ3v) is 2.94. The first kappa shape index (κ1) is 12.5. The Morgan fingerprint density at radius 2 is 2.27 bits per heavy atom. The zero-order valence-electron chi connectivity index (χ0n) is 9.66. The number of nitrogens with two attached hydrogens (primary N) is 1. The van der Waals surface area contributed by atoms with E-state index < -0.39 is 0 Å². The summed E-state index contributed by atoms with van der Waals surface area (Å²) < 4.78 is 5.18. The van der Waals surface area contributed by atoms with Crippen molar-refractivity contribution in [2.45, 2.75) is 45.2 Å². The molecule has 4 nitrogen and oxygen atoms in total. The lowest BCUT2D eigenvalue weighted by molar-refractivity contribution is -0.126. The van der Waals surface area contributed by atoms with Crippen molar-refractivity contribution in [2.24, 2.45) is 11.7 Å². The minimum absolute atomic E-state index is 0.0558. The fourth-order valence-corrected chi connectivity index (χ4v) is 1.88. The van der Waals surface area contributed by atoms with Gasteiger partial charge in [-0.25, -0.2) is 0 Å². The Morgan fingerprint density at radius 1 is 1.53 bits per heavy atom. The molecule has 4 heteroatoms. The summed E-state index contributed by atoms with van der Waals surface area (Å²) in [5.41, 5.74) is 5.79. The molecule has 0 aromatic rings. The van der Waals surface area contributed by atoms with E-state index in [0.29, 0.717) is 13.2 Å². The molecule has 1 rings (SSSR count). The second-order valence-electron chi connectivity index (χ2n) is 4.21. The van der Waals surface area contributed by atoms with E-state index >= 15 is 0 Å².